The highest BCUT2D eigenvalue weighted by molar-refractivity contribution is 5.97. The molecule has 0 aromatic rings. The van der Waals surface area contributed by atoms with E-state index < -0.39 is 12.1 Å². The third kappa shape index (κ3) is 4.20. The van der Waals surface area contributed by atoms with E-state index in [-0.39, 0.29) is 22.8 Å². The van der Waals surface area contributed by atoms with Gasteiger partial charge in [0.05, 0.1) is 12.2 Å². The Labute approximate surface area is 122 Å². The second-order valence-electron chi connectivity index (χ2n) is 7.48. The van der Waals surface area contributed by atoms with Crippen LogP contribution in [-0.2, 0) is 14.3 Å². The van der Waals surface area contributed by atoms with Crippen LogP contribution in [0, 0.1) is 5.41 Å². The van der Waals surface area contributed by atoms with Crippen molar-refractivity contribution in [3.63, 3.8) is 0 Å². The standard InChI is InChI=1S/C15H28N2O3/c1-10-12(18)16-11(14(2,3)4)13(19)17(10)8-9-20-15(5,6)7/h10-11H,8-9H2,1-7H3,(H,16,18). The van der Waals surface area contributed by atoms with Crippen molar-refractivity contribution in [1.82, 2.24) is 10.2 Å². The molecule has 1 aliphatic heterocycles. The SMILES string of the molecule is CC1C(=O)NC(C(C)(C)C)C(=O)N1CCOC(C)(C)C. The predicted octanol–water partition coefficient (Wildman–Crippen LogP) is 1.56. The average Bonchev–Trinajstić information content (AvgIpc) is 2.25. The Morgan fingerprint density at radius 3 is 2.15 bits per heavy atom. The molecule has 0 aliphatic carbocycles. The molecular formula is C15H28N2O3. The topological polar surface area (TPSA) is 58.6 Å². The van der Waals surface area contributed by atoms with Crippen LogP contribution >= 0.6 is 0 Å². The monoisotopic (exact) mass is 284 g/mol. The molecule has 0 radical (unpaired) electrons. The van der Waals surface area contributed by atoms with Crippen LogP contribution < -0.4 is 5.32 Å². The van der Waals surface area contributed by atoms with Gasteiger partial charge in [-0.25, -0.2) is 0 Å². The highest BCUT2D eigenvalue weighted by Gasteiger charge is 2.43. The summed E-state index contributed by atoms with van der Waals surface area (Å²) in [6.07, 6.45) is 0. The number of rotatable bonds is 3. The zero-order chi connectivity index (χ0) is 15.7. The second kappa shape index (κ2) is 5.72. The Kier molecular flexibility index (Phi) is 4.85. The molecule has 1 saturated heterocycles. The van der Waals surface area contributed by atoms with Gasteiger partial charge in [0, 0.05) is 6.54 Å². The fourth-order valence-electron chi connectivity index (χ4n) is 2.16. The van der Waals surface area contributed by atoms with E-state index in [0.717, 1.165) is 0 Å². The maximum Gasteiger partial charge on any atom is 0.246 e. The maximum absolute atomic E-state index is 12.5. The van der Waals surface area contributed by atoms with Crippen molar-refractivity contribution in [3.05, 3.63) is 0 Å². The molecule has 0 aromatic heterocycles. The van der Waals surface area contributed by atoms with E-state index in [2.05, 4.69) is 5.32 Å². The van der Waals surface area contributed by atoms with Crippen molar-refractivity contribution >= 4 is 11.8 Å². The van der Waals surface area contributed by atoms with Crippen molar-refractivity contribution in [2.24, 2.45) is 5.41 Å². The number of hydrogen-bond donors (Lipinski definition) is 1. The van der Waals surface area contributed by atoms with Crippen LogP contribution in [0.25, 0.3) is 0 Å². The quantitative estimate of drug-likeness (QED) is 0.855. The van der Waals surface area contributed by atoms with Gasteiger partial charge < -0.3 is 15.0 Å². The molecule has 5 nitrogen and oxygen atoms in total. The van der Waals surface area contributed by atoms with Gasteiger partial charge in [0.2, 0.25) is 11.8 Å². The molecule has 2 amide bonds. The van der Waals surface area contributed by atoms with Gasteiger partial charge in [-0.1, -0.05) is 20.8 Å². The Bertz CT molecular complexity index is 380. The fraction of sp³-hybridized carbons (Fsp3) is 0.867. The number of hydrogen-bond acceptors (Lipinski definition) is 3. The molecule has 5 heteroatoms. The normalized spacial score (nSPS) is 24.9. The fourth-order valence-corrected chi connectivity index (χ4v) is 2.16. The molecule has 1 rings (SSSR count). The van der Waals surface area contributed by atoms with Gasteiger partial charge in [0.25, 0.3) is 0 Å². The summed E-state index contributed by atoms with van der Waals surface area (Å²) in [7, 11) is 0. The first-order valence-corrected chi connectivity index (χ1v) is 7.18. The van der Waals surface area contributed by atoms with E-state index in [1.54, 1.807) is 11.8 Å². The van der Waals surface area contributed by atoms with Crippen molar-refractivity contribution in [1.29, 1.82) is 0 Å². The Morgan fingerprint density at radius 2 is 1.70 bits per heavy atom. The Hall–Kier alpha value is -1.10. The first-order valence-electron chi connectivity index (χ1n) is 7.18. The lowest BCUT2D eigenvalue weighted by molar-refractivity contribution is -0.153. The van der Waals surface area contributed by atoms with Gasteiger partial charge in [-0.05, 0) is 33.1 Å². The molecule has 0 saturated carbocycles. The summed E-state index contributed by atoms with van der Waals surface area (Å²) in [6, 6.07) is -0.912. The average molecular weight is 284 g/mol. The molecule has 0 bridgehead atoms. The summed E-state index contributed by atoms with van der Waals surface area (Å²) >= 11 is 0. The van der Waals surface area contributed by atoms with Crippen LogP contribution in [0.1, 0.15) is 48.5 Å². The summed E-state index contributed by atoms with van der Waals surface area (Å²) in [4.78, 5) is 26.2. The molecule has 1 heterocycles. The number of nitrogens with zero attached hydrogens (tertiary/aromatic N) is 1. The van der Waals surface area contributed by atoms with Crippen LogP contribution in [0.5, 0.6) is 0 Å². The summed E-state index contributed by atoms with van der Waals surface area (Å²) < 4.78 is 5.66. The highest BCUT2D eigenvalue weighted by atomic mass is 16.5. The molecule has 1 fully saturated rings. The van der Waals surface area contributed by atoms with Gasteiger partial charge in [-0.15, -0.1) is 0 Å². The molecule has 0 aromatic carbocycles. The van der Waals surface area contributed by atoms with Crippen molar-refractivity contribution in [2.75, 3.05) is 13.2 Å². The lowest BCUT2D eigenvalue weighted by Gasteiger charge is -2.42. The van der Waals surface area contributed by atoms with Crippen LogP contribution in [-0.4, -0.2) is 47.6 Å². The van der Waals surface area contributed by atoms with Crippen LogP contribution in [0.3, 0.4) is 0 Å². The van der Waals surface area contributed by atoms with Gasteiger partial charge in [-0.3, -0.25) is 9.59 Å². The minimum atomic E-state index is -0.471. The highest BCUT2D eigenvalue weighted by Crippen LogP contribution is 2.25. The van der Waals surface area contributed by atoms with Crippen molar-refractivity contribution in [2.45, 2.75) is 66.2 Å². The minimum absolute atomic E-state index is 0.0258. The number of amides is 2. The minimum Gasteiger partial charge on any atom is -0.374 e. The Morgan fingerprint density at radius 1 is 1.15 bits per heavy atom. The van der Waals surface area contributed by atoms with E-state index in [4.69, 9.17) is 4.74 Å². The van der Waals surface area contributed by atoms with E-state index in [0.29, 0.717) is 13.2 Å². The number of piperazine rings is 1. The van der Waals surface area contributed by atoms with Gasteiger partial charge in [0.15, 0.2) is 0 Å². The molecule has 116 valence electrons. The molecule has 20 heavy (non-hydrogen) atoms. The third-order valence-corrected chi connectivity index (χ3v) is 3.40. The largest absolute Gasteiger partial charge is 0.374 e. The van der Waals surface area contributed by atoms with Gasteiger partial charge in [0.1, 0.15) is 12.1 Å². The zero-order valence-corrected chi connectivity index (χ0v) is 13.7. The molecule has 1 aliphatic rings. The van der Waals surface area contributed by atoms with Crippen LogP contribution in [0.4, 0.5) is 0 Å². The Balaban J connectivity index is 2.76. The summed E-state index contributed by atoms with van der Waals surface area (Å²) in [5, 5.41) is 2.82. The molecule has 2 atom stereocenters. The first kappa shape index (κ1) is 17.0. The number of carbonyl (C=O) groups excluding carboxylic acids is 2. The second-order valence-corrected chi connectivity index (χ2v) is 7.48. The maximum atomic E-state index is 12.5. The predicted molar refractivity (Wildman–Crippen MR) is 78.3 cm³/mol. The number of nitrogens with one attached hydrogen (secondary N) is 1. The summed E-state index contributed by atoms with van der Waals surface area (Å²) in [6.45, 7) is 14.4. The van der Waals surface area contributed by atoms with E-state index in [1.807, 2.05) is 41.5 Å². The number of ether oxygens (including phenoxy) is 1. The van der Waals surface area contributed by atoms with E-state index in [9.17, 15) is 9.59 Å². The van der Waals surface area contributed by atoms with E-state index in [1.165, 1.54) is 0 Å². The van der Waals surface area contributed by atoms with Crippen molar-refractivity contribution < 1.29 is 14.3 Å². The van der Waals surface area contributed by atoms with Gasteiger partial charge in [-0.2, -0.15) is 0 Å². The summed E-state index contributed by atoms with van der Waals surface area (Å²) in [5.41, 5.74) is -0.538. The summed E-state index contributed by atoms with van der Waals surface area (Å²) in [5.74, 6) is -0.123. The number of carbonyl (C=O) groups is 2. The van der Waals surface area contributed by atoms with E-state index >= 15 is 0 Å². The van der Waals surface area contributed by atoms with Crippen LogP contribution in [0.15, 0.2) is 0 Å². The molecule has 1 N–H and O–H groups in total. The third-order valence-electron chi connectivity index (χ3n) is 3.40. The lowest BCUT2D eigenvalue weighted by atomic mass is 9.84. The smallest absolute Gasteiger partial charge is 0.246 e. The lowest BCUT2D eigenvalue weighted by Crippen LogP contribution is -2.66. The zero-order valence-electron chi connectivity index (χ0n) is 13.7. The molecule has 0 spiro atoms. The molecule has 2 unspecified atom stereocenters. The van der Waals surface area contributed by atoms with Crippen molar-refractivity contribution in [3.8, 4) is 0 Å². The van der Waals surface area contributed by atoms with Gasteiger partial charge >= 0.3 is 0 Å². The first-order chi connectivity index (χ1) is 8.93. The van der Waals surface area contributed by atoms with Crippen LogP contribution in [0.2, 0.25) is 0 Å². The molecular weight excluding hydrogens is 256 g/mol.